The van der Waals surface area contributed by atoms with Gasteiger partial charge in [0, 0.05) is 42.3 Å². The Morgan fingerprint density at radius 1 is 1.24 bits per heavy atom. The van der Waals surface area contributed by atoms with Crippen molar-refractivity contribution in [3.05, 3.63) is 48.4 Å². The molecule has 0 saturated carbocycles. The van der Waals surface area contributed by atoms with E-state index in [1.807, 2.05) is 12.1 Å². The first kappa shape index (κ1) is 21.2. The van der Waals surface area contributed by atoms with Gasteiger partial charge in [0.05, 0.1) is 32.7 Å². The lowest BCUT2D eigenvalue weighted by molar-refractivity contribution is -0.0261. The van der Waals surface area contributed by atoms with Gasteiger partial charge in [0.15, 0.2) is 17.8 Å². The van der Waals surface area contributed by atoms with Crippen molar-refractivity contribution in [1.82, 2.24) is 25.2 Å². The summed E-state index contributed by atoms with van der Waals surface area (Å²) in [5, 5.41) is 6.69. The van der Waals surface area contributed by atoms with Crippen LogP contribution in [0.2, 0.25) is 0 Å². The monoisotopic (exact) mass is 452 g/mol. The standard InChI is InChI=1S/C22H24N6O5/c1-30-17-7-13(8-24-20(17)31-2)19-18-15(3-5-23-19)25-11-26-21(18)33-14-4-6-28(9-14)22(29)16-10-32-12-27-16/h3,5,7-8,10,12,14,21,25-26H,4,6,9,11H2,1-2H3/t14-,21-/m0/s1. The van der Waals surface area contributed by atoms with Crippen molar-refractivity contribution >= 4 is 11.6 Å². The van der Waals surface area contributed by atoms with Crippen LogP contribution in [0.3, 0.4) is 0 Å². The second-order valence-corrected chi connectivity index (χ2v) is 7.67. The number of aromatic nitrogens is 3. The Labute approximate surface area is 190 Å². The molecule has 2 aliphatic heterocycles. The highest BCUT2D eigenvalue weighted by molar-refractivity contribution is 5.92. The van der Waals surface area contributed by atoms with Crippen LogP contribution >= 0.6 is 0 Å². The summed E-state index contributed by atoms with van der Waals surface area (Å²) < 4.78 is 22.0. The molecule has 2 N–H and O–H groups in total. The zero-order valence-corrected chi connectivity index (χ0v) is 18.3. The number of nitrogens with zero attached hydrogens (tertiary/aromatic N) is 4. The predicted molar refractivity (Wildman–Crippen MR) is 117 cm³/mol. The number of ether oxygens (including phenoxy) is 3. The molecule has 11 heteroatoms. The highest BCUT2D eigenvalue weighted by Gasteiger charge is 2.33. The van der Waals surface area contributed by atoms with Crippen LogP contribution in [-0.4, -0.2) is 65.8 Å². The van der Waals surface area contributed by atoms with Crippen LogP contribution < -0.4 is 20.1 Å². The molecule has 5 heterocycles. The first-order chi connectivity index (χ1) is 16.2. The molecule has 0 unspecified atom stereocenters. The van der Waals surface area contributed by atoms with Crippen LogP contribution in [0.5, 0.6) is 11.6 Å². The molecule has 0 radical (unpaired) electrons. The van der Waals surface area contributed by atoms with Gasteiger partial charge in [-0.05, 0) is 18.6 Å². The fraction of sp³-hybridized carbons (Fsp3) is 0.364. The summed E-state index contributed by atoms with van der Waals surface area (Å²) >= 11 is 0. The maximum absolute atomic E-state index is 12.6. The van der Waals surface area contributed by atoms with Gasteiger partial charge < -0.3 is 28.8 Å². The van der Waals surface area contributed by atoms with E-state index in [1.54, 1.807) is 31.5 Å². The van der Waals surface area contributed by atoms with Crippen molar-refractivity contribution in [3.63, 3.8) is 0 Å². The third-order valence-corrected chi connectivity index (χ3v) is 5.74. The lowest BCUT2D eigenvalue weighted by atomic mass is 10.0. The third kappa shape index (κ3) is 4.08. The minimum Gasteiger partial charge on any atom is -0.491 e. The van der Waals surface area contributed by atoms with Crippen LogP contribution in [0, 0.1) is 0 Å². The van der Waals surface area contributed by atoms with Gasteiger partial charge in [0.1, 0.15) is 12.5 Å². The molecule has 2 atom stereocenters. The number of methoxy groups -OCH3 is 2. The van der Waals surface area contributed by atoms with E-state index in [4.69, 9.17) is 18.6 Å². The number of amides is 1. The Morgan fingerprint density at radius 2 is 2.15 bits per heavy atom. The van der Waals surface area contributed by atoms with Crippen molar-refractivity contribution in [1.29, 1.82) is 0 Å². The van der Waals surface area contributed by atoms with Gasteiger partial charge in [-0.1, -0.05) is 0 Å². The van der Waals surface area contributed by atoms with E-state index in [0.29, 0.717) is 37.1 Å². The van der Waals surface area contributed by atoms with Crippen LogP contribution in [0.25, 0.3) is 11.3 Å². The minimum absolute atomic E-state index is 0.138. The number of rotatable bonds is 6. The lowest BCUT2D eigenvalue weighted by Gasteiger charge is -2.31. The van der Waals surface area contributed by atoms with Gasteiger partial charge in [-0.25, -0.2) is 9.97 Å². The predicted octanol–water partition coefficient (Wildman–Crippen LogP) is 2.05. The third-order valence-electron chi connectivity index (χ3n) is 5.74. The van der Waals surface area contributed by atoms with E-state index in [9.17, 15) is 4.79 Å². The Balaban J connectivity index is 1.39. The fourth-order valence-electron chi connectivity index (χ4n) is 4.14. The molecule has 172 valence electrons. The van der Waals surface area contributed by atoms with Crippen LogP contribution in [-0.2, 0) is 4.74 Å². The van der Waals surface area contributed by atoms with Crippen molar-refractivity contribution in [2.24, 2.45) is 0 Å². The first-order valence-corrected chi connectivity index (χ1v) is 10.6. The molecule has 0 aromatic carbocycles. The molecule has 2 aliphatic rings. The first-order valence-electron chi connectivity index (χ1n) is 10.6. The molecule has 0 aliphatic carbocycles. The molecule has 11 nitrogen and oxygen atoms in total. The zero-order valence-electron chi connectivity index (χ0n) is 18.3. The fourth-order valence-corrected chi connectivity index (χ4v) is 4.14. The van der Waals surface area contributed by atoms with E-state index >= 15 is 0 Å². The molecule has 1 amide bonds. The van der Waals surface area contributed by atoms with E-state index < -0.39 is 6.23 Å². The van der Waals surface area contributed by atoms with Crippen molar-refractivity contribution in [3.8, 4) is 22.9 Å². The van der Waals surface area contributed by atoms with Gasteiger partial charge in [0.25, 0.3) is 11.8 Å². The molecule has 1 saturated heterocycles. The SMILES string of the molecule is COc1cc(-c2nccc3c2[C@H](O[C@H]2CCN(C(=O)c4cocn4)C2)NCN3)cnc1OC. The van der Waals surface area contributed by atoms with Gasteiger partial charge in [-0.2, -0.15) is 0 Å². The molecule has 0 spiro atoms. The smallest absolute Gasteiger partial charge is 0.275 e. The molecule has 33 heavy (non-hydrogen) atoms. The molecule has 5 rings (SSSR count). The van der Waals surface area contributed by atoms with Gasteiger partial charge in [-0.3, -0.25) is 15.1 Å². The number of hydrogen-bond donors (Lipinski definition) is 2. The van der Waals surface area contributed by atoms with Gasteiger partial charge in [0.2, 0.25) is 0 Å². The molecule has 3 aromatic rings. The van der Waals surface area contributed by atoms with Crippen molar-refractivity contribution < 1.29 is 23.4 Å². The quantitative estimate of drug-likeness (QED) is 0.574. The van der Waals surface area contributed by atoms with Crippen LogP contribution in [0.4, 0.5) is 5.69 Å². The van der Waals surface area contributed by atoms with E-state index in [0.717, 1.165) is 28.9 Å². The summed E-state index contributed by atoms with van der Waals surface area (Å²) in [6.07, 6.45) is 6.22. The van der Waals surface area contributed by atoms with E-state index in [2.05, 4.69) is 25.6 Å². The number of carbonyl (C=O) groups is 1. The number of likely N-dealkylation sites (tertiary alicyclic amines) is 1. The summed E-state index contributed by atoms with van der Waals surface area (Å²) in [5.74, 6) is 0.756. The molecular weight excluding hydrogens is 428 g/mol. The summed E-state index contributed by atoms with van der Waals surface area (Å²) in [5.41, 5.74) is 3.59. The van der Waals surface area contributed by atoms with Crippen molar-refractivity contribution in [2.45, 2.75) is 18.8 Å². The average molecular weight is 452 g/mol. The normalized spacial score (nSPS) is 19.6. The lowest BCUT2D eigenvalue weighted by Crippen LogP contribution is -2.38. The largest absolute Gasteiger partial charge is 0.491 e. The Hall–Kier alpha value is -3.70. The van der Waals surface area contributed by atoms with Crippen LogP contribution in [0.15, 0.2) is 41.6 Å². The highest BCUT2D eigenvalue weighted by atomic mass is 16.5. The Kier molecular flexibility index (Phi) is 5.80. The van der Waals surface area contributed by atoms with E-state index in [1.165, 1.54) is 12.7 Å². The van der Waals surface area contributed by atoms with Crippen LogP contribution in [0.1, 0.15) is 28.7 Å². The van der Waals surface area contributed by atoms with Gasteiger partial charge >= 0.3 is 0 Å². The zero-order chi connectivity index (χ0) is 22.8. The summed E-state index contributed by atoms with van der Waals surface area (Å²) in [6, 6.07) is 3.76. The summed E-state index contributed by atoms with van der Waals surface area (Å²) in [7, 11) is 3.11. The number of fused-ring (bicyclic) bond motifs is 1. The molecule has 0 bridgehead atoms. The number of carbonyl (C=O) groups excluding carboxylic acids is 1. The number of pyridine rings is 2. The van der Waals surface area contributed by atoms with E-state index in [-0.39, 0.29) is 12.0 Å². The Morgan fingerprint density at radius 3 is 2.94 bits per heavy atom. The summed E-state index contributed by atoms with van der Waals surface area (Å²) in [6.45, 7) is 1.60. The topological polar surface area (TPSA) is 124 Å². The summed E-state index contributed by atoms with van der Waals surface area (Å²) in [4.78, 5) is 27.2. The number of anilines is 1. The van der Waals surface area contributed by atoms with Crippen molar-refractivity contribution in [2.75, 3.05) is 39.3 Å². The maximum atomic E-state index is 12.6. The molecular formula is C22H24N6O5. The average Bonchev–Trinajstić information content (AvgIpc) is 3.56. The maximum Gasteiger partial charge on any atom is 0.275 e. The highest BCUT2D eigenvalue weighted by Crippen LogP contribution is 2.38. The Bertz CT molecular complexity index is 1140. The minimum atomic E-state index is -0.412. The number of nitrogens with one attached hydrogen (secondary N) is 2. The molecule has 1 fully saturated rings. The second kappa shape index (κ2) is 9.04. The number of oxazole rings is 1. The number of hydrogen-bond acceptors (Lipinski definition) is 10. The van der Waals surface area contributed by atoms with Gasteiger partial charge in [-0.15, -0.1) is 0 Å². The molecule has 3 aromatic heterocycles. The second-order valence-electron chi connectivity index (χ2n) is 7.67.